The lowest BCUT2D eigenvalue weighted by atomic mass is 9.93. The van der Waals surface area contributed by atoms with Crippen molar-refractivity contribution in [2.24, 2.45) is 10.1 Å². The fourth-order valence-corrected chi connectivity index (χ4v) is 4.32. The molecule has 2 heterocycles. The number of rotatable bonds is 5. The summed E-state index contributed by atoms with van der Waals surface area (Å²) >= 11 is 0. The third kappa shape index (κ3) is 3.77. The van der Waals surface area contributed by atoms with E-state index >= 15 is 0 Å². The van der Waals surface area contributed by atoms with Crippen molar-refractivity contribution in [2.45, 2.75) is 26.8 Å². The van der Waals surface area contributed by atoms with Gasteiger partial charge in [-0.1, -0.05) is 78.4 Å². The Morgan fingerprint density at radius 1 is 0.912 bits per heavy atom. The van der Waals surface area contributed by atoms with Gasteiger partial charge in [0.1, 0.15) is 0 Å². The summed E-state index contributed by atoms with van der Waals surface area (Å²) in [5.74, 6) is 1.02. The first-order valence-corrected chi connectivity index (χ1v) is 11.4. The van der Waals surface area contributed by atoms with Crippen molar-refractivity contribution in [1.29, 1.82) is 0 Å². The van der Waals surface area contributed by atoms with Gasteiger partial charge >= 0.3 is 5.97 Å². The summed E-state index contributed by atoms with van der Waals surface area (Å²) in [6, 6.07) is 27.7. The zero-order valence-corrected chi connectivity index (χ0v) is 19.5. The van der Waals surface area contributed by atoms with Crippen LogP contribution in [0.15, 0.2) is 106 Å². The lowest BCUT2D eigenvalue weighted by molar-refractivity contribution is -0.139. The Morgan fingerprint density at radius 3 is 2.21 bits per heavy atom. The molecule has 2 aliphatic heterocycles. The molecule has 34 heavy (non-hydrogen) atoms. The summed E-state index contributed by atoms with van der Waals surface area (Å²) in [6.45, 7) is 6.03. The number of guanidine groups is 1. The quantitative estimate of drug-likeness (QED) is 0.487. The number of aliphatic imine (C=N–C) groups is 1. The molecular weight excluding hydrogens is 424 g/mol. The van der Waals surface area contributed by atoms with Gasteiger partial charge < -0.3 is 4.74 Å². The molecule has 0 radical (unpaired) electrons. The maximum atomic E-state index is 13.2. The van der Waals surface area contributed by atoms with E-state index in [1.807, 2.05) is 84.4 Å². The molecule has 0 fully saturated rings. The smallest absolute Gasteiger partial charge is 0.338 e. The van der Waals surface area contributed by atoms with E-state index in [9.17, 15) is 4.79 Å². The Morgan fingerprint density at radius 2 is 1.56 bits per heavy atom. The number of fused-ring (bicyclic) bond motifs is 1. The molecule has 0 N–H and O–H groups in total. The van der Waals surface area contributed by atoms with E-state index in [4.69, 9.17) is 14.8 Å². The van der Waals surface area contributed by atoms with Crippen LogP contribution in [0.5, 0.6) is 0 Å². The van der Waals surface area contributed by atoms with Gasteiger partial charge in [-0.25, -0.2) is 9.79 Å². The van der Waals surface area contributed by atoms with Crippen LogP contribution in [-0.2, 0) is 9.53 Å². The molecule has 0 aromatic heterocycles. The van der Waals surface area contributed by atoms with E-state index < -0.39 is 6.04 Å². The van der Waals surface area contributed by atoms with Crippen LogP contribution < -0.4 is 5.01 Å². The molecule has 0 bridgehead atoms. The van der Waals surface area contributed by atoms with Crippen LogP contribution in [0.4, 0.5) is 5.69 Å². The third-order valence-corrected chi connectivity index (χ3v) is 5.94. The monoisotopic (exact) mass is 450 g/mol. The Hall–Kier alpha value is -4.19. The van der Waals surface area contributed by atoms with E-state index in [2.05, 4.69) is 31.2 Å². The molecule has 170 valence electrons. The number of benzene rings is 3. The predicted octanol–water partition coefficient (Wildman–Crippen LogP) is 5.43. The number of ether oxygens (including phenoxy) is 1. The first-order chi connectivity index (χ1) is 16.6. The fourth-order valence-electron chi connectivity index (χ4n) is 4.32. The molecule has 0 saturated heterocycles. The first-order valence-electron chi connectivity index (χ1n) is 11.4. The van der Waals surface area contributed by atoms with E-state index in [0.717, 1.165) is 28.2 Å². The van der Waals surface area contributed by atoms with Crippen LogP contribution in [-0.4, -0.2) is 29.3 Å². The van der Waals surface area contributed by atoms with Gasteiger partial charge in [-0.05, 0) is 38.5 Å². The molecule has 2 aliphatic rings. The lowest BCUT2D eigenvalue weighted by Crippen LogP contribution is -2.45. The van der Waals surface area contributed by atoms with E-state index in [1.165, 1.54) is 0 Å². The molecule has 5 rings (SSSR count). The molecule has 3 aromatic rings. The Kier molecular flexibility index (Phi) is 5.72. The summed E-state index contributed by atoms with van der Waals surface area (Å²) in [5, 5.41) is 6.86. The zero-order chi connectivity index (χ0) is 23.7. The highest BCUT2D eigenvalue weighted by atomic mass is 16.5. The van der Waals surface area contributed by atoms with Crippen molar-refractivity contribution in [1.82, 2.24) is 4.90 Å². The normalized spacial score (nSPS) is 17.3. The number of hydrogen-bond donors (Lipinski definition) is 0. The lowest BCUT2D eigenvalue weighted by Gasteiger charge is -2.36. The second-order valence-electron chi connectivity index (χ2n) is 8.25. The molecule has 0 aliphatic carbocycles. The van der Waals surface area contributed by atoms with Gasteiger partial charge in [-0.2, -0.15) is 5.01 Å². The molecule has 6 nitrogen and oxygen atoms in total. The van der Waals surface area contributed by atoms with Gasteiger partial charge in [0, 0.05) is 5.56 Å². The number of carbonyl (C=O) groups excluding carboxylic acids is 1. The average molecular weight is 451 g/mol. The van der Waals surface area contributed by atoms with Crippen LogP contribution in [0.2, 0.25) is 0 Å². The fraction of sp³-hybridized carbons (Fsp3) is 0.179. The highest BCUT2D eigenvalue weighted by Crippen LogP contribution is 2.41. The molecule has 1 atom stereocenters. The van der Waals surface area contributed by atoms with Crippen molar-refractivity contribution in [2.75, 3.05) is 11.6 Å². The topological polar surface area (TPSA) is 57.5 Å². The highest BCUT2D eigenvalue weighted by molar-refractivity contribution is 6.20. The molecule has 1 unspecified atom stereocenters. The first kappa shape index (κ1) is 21.6. The number of hydrazone groups is 1. The zero-order valence-electron chi connectivity index (χ0n) is 19.5. The van der Waals surface area contributed by atoms with E-state index in [1.54, 1.807) is 0 Å². The highest BCUT2D eigenvalue weighted by Gasteiger charge is 2.45. The van der Waals surface area contributed by atoms with Gasteiger partial charge in [0.05, 0.1) is 29.6 Å². The van der Waals surface area contributed by atoms with Gasteiger partial charge in [0.2, 0.25) is 5.96 Å². The molecule has 0 saturated carbocycles. The third-order valence-electron chi connectivity index (χ3n) is 5.94. The summed E-state index contributed by atoms with van der Waals surface area (Å²) in [6.07, 6.45) is 0. The van der Waals surface area contributed by atoms with Crippen LogP contribution in [0.25, 0.3) is 0 Å². The standard InChI is InChI=1S/C28H26N4O2/c1-4-34-27(33)24-20(3)29-28-31(25(24)21-11-7-5-8-12-21)26(22-17-15-19(2)16-18-22)30-32(28)23-13-9-6-10-14-23/h5-18,25H,4H2,1-3H3. The van der Waals surface area contributed by atoms with Crippen LogP contribution in [0.1, 0.15) is 36.6 Å². The molecule has 0 spiro atoms. The number of anilines is 1. The average Bonchev–Trinajstić information content (AvgIpc) is 3.23. The largest absolute Gasteiger partial charge is 0.463 e. The summed E-state index contributed by atoms with van der Waals surface area (Å²) < 4.78 is 5.47. The number of hydrogen-bond acceptors (Lipinski definition) is 6. The molecular formula is C28H26N4O2. The van der Waals surface area contributed by atoms with E-state index in [0.29, 0.717) is 23.8 Å². The van der Waals surface area contributed by atoms with Gasteiger partial charge in [0.15, 0.2) is 5.84 Å². The minimum absolute atomic E-state index is 0.294. The predicted molar refractivity (Wildman–Crippen MR) is 134 cm³/mol. The number of amidine groups is 1. The number of nitrogens with zero attached hydrogens (tertiary/aromatic N) is 4. The maximum absolute atomic E-state index is 13.2. The molecule has 6 heteroatoms. The van der Waals surface area contributed by atoms with Crippen LogP contribution >= 0.6 is 0 Å². The van der Waals surface area contributed by atoms with Crippen LogP contribution in [0.3, 0.4) is 0 Å². The van der Waals surface area contributed by atoms with Gasteiger partial charge in [-0.15, -0.1) is 5.10 Å². The SMILES string of the molecule is CCOC(=O)C1=C(C)N=C2N(c3ccccc3)N=C(c3ccc(C)cc3)N2C1c1ccccc1. The summed E-state index contributed by atoms with van der Waals surface area (Å²) in [7, 11) is 0. The van der Waals surface area contributed by atoms with Crippen LogP contribution in [0, 0.1) is 6.92 Å². The van der Waals surface area contributed by atoms with E-state index in [-0.39, 0.29) is 5.97 Å². The second-order valence-corrected chi connectivity index (χ2v) is 8.25. The minimum Gasteiger partial charge on any atom is -0.463 e. The van der Waals surface area contributed by atoms with Gasteiger partial charge in [-0.3, -0.25) is 4.90 Å². The second kappa shape index (κ2) is 8.98. The minimum atomic E-state index is -0.429. The number of carbonyl (C=O) groups is 1. The Labute approximate surface area is 199 Å². The van der Waals surface area contributed by atoms with Crippen molar-refractivity contribution < 1.29 is 9.53 Å². The summed E-state index contributed by atoms with van der Waals surface area (Å²) in [4.78, 5) is 20.1. The summed E-state index contributed by atoms with van der Waals surface area (Å²) in [5.41, 5.74) is 5.11. The molecule has 0 amide bonds. The Balaban J connectivity index is 1.74. The van der Waals surface area contributed by atoms with Crippen molar-refractivity contribution in [3.63, 3.8) is 0 Å². The Bertz CT molecular complexity index is 1300. The van der Waals surface area contributed by atoms with Crippen molar-refractivity contribution in [3.8, 4) is 0 Å². The number of allylic oxidation sites excluding steroid dienone is 1. The maximum Gasteiger partial charge on any atom is 0.338 e. The van der Waals surface area contributed by atoms with Gasteiger partial charge in [0.25, 0.3) is 0 Å². The number of esters is 1. The number of para-hydroxylation sites is 1. The van der Waals surface area contributed by atoms with Crippen molar-refractivity contribution >= 4 is 23.5 Å². The molecule has 3 aromatic carbocycles. The number of aryl methyl sites for hydroxylation is 1. The van der Waals surface area contributed by atoms with Crippen molar-refractivity contribution in [3.05, 3.63) is 113 Å².